The second-order valence-corrected chi connectivity index (χ2v) is 7.86. The lowest BCUT2D eigenvalue weighted by atomic mass is 9.96. The number of hydrogen-bond acceptors (Lipinski definition) is 6. The van der Waals surface area contributed by atoms with E-state index in [4.69, 9.17) is 19.6 Å². The zero-order valence-corrected chi connectivity index (χ0v) is 18.8. The smallest absolute Gasteiger partial charge is 0.310 e. The van der Waals surface area contributed by atoms with Crippen molar-refractivity contribution in [2.24, 2.45) is 5.73 Å². The Labute approximate surface area is 196 Å². The number of benzene rings is 3. The highest BCUT2D eigenvalue weighted by Crippen LogP contribution is 2.35. The molecule has 3 aromatic carbocycles. The zero-order chi connectivity index (χ0) is 24.1. The average molecular weight is 464 g/mol. The predicted octanol–water partition coefficient (Wildman–Crippen LogP) is 4.92. The largest absolute Gasteiger partial charge is 0.489 e. The Kier molecular flexibility index (Phi) is 7.25. The second-order valence-electron chi connectivity index (χ2n) is 7.86. The Balaban J connectivity index is 1.66. The van der Waals surface area contributed by atoms with Crippen molar-refractivity contribution in [2.75, 3.05) is 13.2 Å². The molecule has 0 aliphatic heterocycles. The van der Waals surface area contributed by atoms with Crippen LogP contribution in [0.5, 0.6) is 5.75 Å². The molecule has 0 saturated heterocycles. The number of hydrogen-bond donors (Lipinski definition) is 2. The van der Waals surface area contributed by atoms with Crippen LogP contribution >= 0.6 is 0 Å². The number of furan rings is 1. The van der Waals surface area contributed by atoms with Gasteiger partial charge in [-0.25, -0.2) is 4.39 Å². The van der Waals surface area contributed by atoms with Gasteiger partial charge in [0.05, 0.1) is 31.9 Å². The molecule has 176 valence electrons. The molecule has 0 fully saturated rings. The summed E-state index contributed by atoms with van der Waals surface area (Å²) >= 11 is 0. The third-order valence-corrected chi connectivity index (χ3v) is 5.53. The number of rotatable bonds is 9. The fourth-order valence-electron chi connectivity index (χ4n) is 3.89. The lowest BCUT2D eigenvalue weighted by Gasteiger charge is -2.15. The first-order valence-corrected chi connectivity index (χ1v) is 11.0. The van der Waals surface area contributed by atoms with E-state index in [2.05, 4.69) is 0 Å². The van der Waals surface area contributed by atoms with Crippen LogP contribution in [0, 0.1) is 5.82 Å². The fraction of sp³-hybridized carbons (Fsp3) is 0.222. The minimum Gasteiger partial charge on any atom is -0.489 e. The van der Waals surface area contributed by atoms with Crippen LogP contribution in [0.25, 0.3) is 22.1 Å². The van der Waals surface area contributed by atoms with Crippen molar-refractivity contribution in [2.45, 2.75) is 26.0 Å². The summed E-state index contributed by atoms with van der Waals surface area (Å²) < 4.78 is 32.1. The number of carbonyl (C=O) groups excluding carboxylic acids is 1. The van der Waals surface area contributed by atoms with Gasteiger partial charge in [-0.05, 0) is 36.8 Å². The molecule has 4 rings (SSSR count). The summed E-state index contributed by atoms with van der Waals surface area (Å²) in [7, 11) is 0. The molecule has 0 aliphatic rings. The molecule has 7 heteroatoms. The van der Waals surface area contributed by atoms with Crippen LogP contribution in [0.2, 0.25) is 0 Å². The lowest BCUT2D eigenvalue weighted by Crippen LogP contribution is -2.16. The van der Waals surface area contributed by atoms with E-state index in [1.807, 2.05) is 30.3 Å². The first-order valence-electron chi connectivity index (χ1n) is 11.0. The van der Waals surface area contributed by atoms with Crippen LogP contribution in [-0.2, 0) is 22.6 Å². The highest BCUT2D eigenvalue weighted by molar-refractivity contribution is 5.93. The topological polar surface area (TPSA) is 94.9 Å². The summed E-state index contributed by atoms with van der Waals surface area (Å²) in [4.78, 5) is 11.9. The summed E-state index contributed by atoms with van der Waals surface area (Å²) in [6, 6.07) is 16.9. The fourth-order valence-corrected chi connectivity index (χ4v) is 3.89. The minimum atomic E-state index is -0.825. The number of para-hydroxylation sites is 1. The van der Waals surface area contributed by atoms with Crippen molar-refractivity contribution in [3.05, 3.63) is 89.4 Å². The quantitative estimate of drug-likeness (QED) is 0.342. The van der Waals surface area contributed by atoms with Gasteiger partial charge >= 0.3 is 5.97 Å². The molecule has 0 radical (unpaired) electrons. The molecule has 0 aliphatic carbocycles. The average Bonchev–Trinajstić information content (AvgIpc) is 3.32. The highest BCUT2D eigenvalue weighted by Gasteiger charge is 2.19. The number of nitrogens with two attached hydrogens (primary N) is 1. The van der Waals surface area contributed by atoms with Crippen LogP contribution in [-0.4, -0.2) is 24.3 Å². The Bertz CT molecular complexity index is 1300. The standard InChI is InChI=1S/C27H26FNO5/c1-2-32-25(31)14-18-6-3-4-9-24(18)34-16-17-12-19-10-11-33-27(19)22(13-17)20-7-5-8-21(26(20)28)23(29)15-30/h3-13,23,30H,2,14-16,29H2,1H3/t23-/m1/s1. The number of fused-ring (bicyclic) bond motifs is 1. The molecular formula is C27H26FNO5. The van der Waals surface area contributed by atoms with Crippen molar-refractivity contribution >= 4 is 16.9 Å². The second kappa shape index (κ2) is 10.5. The van der Waals surface area contributed by atoms with Gasteiger partial charge < -0.3 is 24.7 Å². The number of aliphatic hydroxyl groups excluding tert-OH is 1. The van der Waals surface area contributed by atoms with E-state index in [0.29, 0.717) is 29.1 Å². The van der Waals surface area contributed by atoms with E-state index in [1.54, 1.807) is 43.5 Å². The van der Waals surface area contributed by atoms with Crippen molar-refractivity contribution in [3.8, 4) is 16.9 Å². The van der Waals surface area contributed by atoms with Crippen molar-refractivity contribution in [1.29, 1.82) is 0 Å². The summed E-state index contributed by atoms with van der Waals surface area (Å²) in [6.45, 7) is 1.91. The first kappa shape index (κ1) is 23.5. The molecular weight excluding hydrogens is 437 g/mol. The Morgan fingerprint density at radius 1 is 1.12 bits per heavy atom. The third-order valence-electron chi connectivity index (χ3n) is 5.53. The summed E-state index contributed by atoms with van der Waals surface area (Å²) in [6.07, 6.45) is 1.66. The Morgan fingerprint density at radius 3 is 2.74 bits per heavy atom. The lowest BCUT2D eigenvalue weighted by molar-refractivity contribution is -0.142. The molecule has 34 heavy (non-hydrogen) atoms. The SMILES string of the molecule is CCOC(=O)Cc1ccccc1OCc1cc(-c2cccc([C@H](N)CO)c2F)c2occc2c1. The van der Waals surface area contributed by atoms with Gasteiger partial charge in [0, 0.05) is 27.6 Å². The molecule has 0 bridgehead atoms. The number of ether oxygens (including phenoxy) is 2. The van der Waals surface area contributed by atoms with Gasteiger partial charge in [-0.15, -0.1) is 0 Å². The van der Waals surface area contributed by atoms with Crippen LogP contribution in [0.3, 0.4) is 0 Å². The van der Waals surface area contributed by atoms with Crippen LogP contribution < -0.4 is 10.5 Å². The number of halogens is 1. The highest BCUT2D eigenvalue weighted by atomic mass is 19.1. The minimum absolute atomic E-state index is 0.110. The van der Waals surface area contributed by atoms with Crippen LogP contribution in [0.4, 0.5) is 4.39 Å². The molecule has 0 saturated carbocycles. The van der Waals surface area contributed by atoms with Gasteiger partial charge in [-0.2, -0.15) is 0 Å². The number of carbonyl (C=O) groups is 1. The van der Waals surface area contributed by atoms with E-state index in [0.717, 1.165) is 16.5 Å². The summed E-state index contributed by atoms with van der Waals surface area (Å²) in [5.74, 6) is -0.247. The van der Waals surface area contributed by atoms with Crippen LogP contribution in [0.1, 0.15) is 29.7 Å². The summed E-state index contributed by atoms with van der Waals surface area (Å²) in [5.41, 5.74) is 9.06. The number of esters is 1. The first-order chi connectivity index (χ1) is 16.5. The zero-order valence-electron chi connectivity index (χ0n) is 18.8. The third kappa shape index (κ3) is 4.95. The Morgan fingerprint density at radius 2 is 1.94 bits per heavy atom. The molecule has 1 atom stereocenters. The van der Waals surface area contributed by atoms with Gasteiger partial charge in [0.2, 0.25) is 0 Å². The van der Waals surface area contributed by atoms with Gasteiger partial charge in [-0.3, -0.25) is 4.79 Å². The predicted molar refractivity (Wildman–Crippen MR) is 127 cm³/mol. The van der Waals surface area contributed by atoms with Crippen molar-refractivity contribution < 1.29 is 28.2 Å². The van der Waals surface area contributed by atoms with Crippen molar-refractivity contribution in [3.63, 3.8) is 0 Å². The molecule has 0 spiro atoms. The molecule has 1 heterocycles. The molecule has 0 unspecified atom stereocenters. The van der Waals surface area contributed by atoms with Gasteiger partial charge in [0.1, 0.15) is 23.8 Å². The van der Waals surface area contributed by atoms with Crippen LogP contribution in [0.15, 0.2) is 71.3 Å². The molecule has 6 nitrogen and oxygen atoms in total. The number of aliphatic hydroxyl groups is 1. The van der Waals surface area contributed by atoms with E-state index in [1.165, 1.54) is 0 Å². The van der Waals surface area contributed by atoms with Gasteiger partial charge in [0.15, 0.2) is 0 Å². The van der Waals surface area contributed by atoms with E-state index in [-0.39, 0.29) is 31.2 Å². The van der Waals surface area contributed by atoms with E-state index >= 15 is 4.39 Å². The molecule has 3 N–H and O–H groups in total. The maximum Gasteiger partial charge on any atom is 0.310 e. The maximum atomic E-state index is 15.3. The van der Waals surface area contributed by atoms with E-state index in [9.17, 15) is 9.90 Å². The molecule has 1 aromatic heterocycles. The van der Waals surface area contributed by atoms with E-state index < -0.39 is 11.9 Å². The van der Waals surface area contributed by atoms with Gasteiger partial charge in [0.25, 0.3) is 0 Å². The Hall–Kier alpha value is -3.68. The normalized spacial score (nSPS) is 12.0. The van der Waals surface area contributed by atoms with Gasteiger partial charge in [-0.1, -0.05) is 36.4 Å². The monoisotopic (exact) mass is 463 g/mol. The maximum absolute atomic E-state index is 15.3. The summed E-state index contributed by atoms with van der Waals surface area (Å²) in [5, 5.41) is 10.2. The molecule has 0 amide bonds. The molecule has 4 aromatic rings. The van der Waals surface area contributed by atoms with Crippen molar-refractivity contribution in [1.82, 2.24) is 0 Å².